The van der Waals surface area contributed by atoms with Gasteiger partial charge in [0.15, 0.2) is 0 Å². The molecule has 8 aliphatic rings. The zero-order chi connectivity index (χ0) is 49.7. The molecule has 2 unspecified atom stereocenters. The van der Waals surface area contributed by atoms with Gasteiger partial charge in [-0.05, 0) is 245 Å². The molecule has 0 aliphatic carbocycles. The van der Waals surface area contributed by atoms with Crippen molar-refractivity contribution in [3.63, 3.8) is 0 Å². The fourth-order valence-electron chi connectivity index (χ4n) is 10.3. The van der Waals surface area contributed by atoms with Crippen LogP contribution in [0.3, 0.4) is 0 Å². The molecule has 0 N–H and O–H groups in total. The molecule has 8 heterocycles. The summed E-state index contributed by atoms with van der Waals surface area (Å²) in [7, 11) is 2.19. The predicted molar refractivity (Wildman–Crippen MR) is 300 cm³/mol. The Morgan fingerprint density at radius 3 is 0.657 bits per heavy atom. The van der Waals surface area contributed by atoms with Crippen LogP contribution in [0.15, 0.2) is 0 Å². The quantitative estimate of drug-likeness (QED) is 0.236. The molecule has 67 heavy (non-hydrogen) atoms. The Morgan fingerprint density at radius 1 is 0.239 bits per heavy atom. The third-order valence-corrected chi connectivity index (χ3v) is 16.5. The summed E-state index contributed by atoms with van der Waals surface area (Å²) < 4.78 is 0. The number of nitrogens with zero attached hydrogens (tertiary/aromatic N) is 9. The molecular weight excluding hydrogens is 823 g/mol. The van der Waals surface area contributed by atoms with E-state index in [9.17, 15) is 0 Å². The normalized spacial score (nSPS) is 26.1. The summed E-state index contributed by atoms with van der Waals surface area (Å²) in [5.41, 5.74) is 0. The molecule has 9 heteroatoms. The van der Waals surface area contributed by atoms with Crippen LogP contribution in [-0.2, 0) is 0 Å². The van der Waals surface area contributed by atoms with Crippen LogP contribution in [0.1, 0.15) is 173 Å². The largest absolute Gasteiger partial charge is 0.304 e. The van der Waals surface area contributed by atoms with Crippen LogP contribution in [0.25, 0.3) is 0 Å². The summed E-state index contributed by atoms with van der Waals surface area (Å²) in [4.78, 5) is 22.5. The Hall–Kier alpha value is -0.360. The van der Waals surface area contributed by atoms with Crippen molar-refractivity contribution in [2.75, 3.05) is 177 Å². The molecule has 8 saturated heterocycles. The van der Waals surface area contributed by atoms with Crippen molar-refractivity contribution in [2.45, 2.75) is 173 Å². The average molecular weight is 949 g/mol. The first kappa shape index (κ1) is 64.7. The van der Waals surface area contributed by atoms with Crippen LogP contribution >= 0.6 is 0 Å². The molecule has 0 aromatic heterocycles. The van der Waals surface area contributed by atoms with Crippen molar-refractivity contribution in [3.8, 4) is 0 Å². The van der Waals surface area contributed by atoms with Gasteiger partial charge >= 0.3 is 0 Å². The summed E-state index contributed by atoms with van der Waals surface area (Å²) in [6.45, 7) is 63.2. The fourth-order valence-corrected chi connectivity index (χ4v) is 10.3. The lowest BCUT2D eigenvalue weighted by Gasteiger charge is -2.31. The standard InChI is InChI=1S/3C8H17N.C7H16N2.3C7H15N.C6H13N/c4*1-3-9-6-4-8(2)5-7-9;2*1-3-8-5-4-7(2)6-8;1-2-8-6-4-3-5-7-8;1-2-7-5-3-4-6-7/h3*8H,3-7H2,1-2H3;3-7H2,1-2H3;2*7H,3-6H2,1-2H3;2-7H2,1H3;2-6H2,1H3. The van der Waals surface area contributed by atoms with Gasteiger partial charge in [0.1, 0.15) is 0 Å². The zero-order valence-corrected chi connectivity index (χ0v) is 48.5. The van der Waals surface area contributed by atoms with Crippen LogP contribution in [0.4, 0.5) is 0 Å². The first-order valence-corrected chi connectivity index (χ1v) is 29.8. The number of hydrogen-bond acceptors (Lipinski definition) is 9. The van der Waals surface area contributed by atoms with Gasteiger partial charge in [-0.1, -0.05) is 96.4 Å². The molecular formula is C58H125N9. The third-order valence-electron chi connectivity index (χ3n) is 16.5. The SMILES string of the molecule is CCN1CCC(C)C1.CCN1CCC(C)C1.CCN1CCC(C)CC1.CCN1CCC(C)CC1.CCN1CCC(C)CC1.CCN1CCCC1.CCN1CCCCC1.CCN1CCN(C)CC1. The number of piperazine rings is 1. The first-order chi connectivity index (χ1) is 32.3. The second kappa shape index (κ2) is 42.2. The Labute approximate surface area is 422 Å². The molecule has 8 fully saturated rings. The molecule has 0 radical (unpaired) electrons. The summed E-state index contributed by atoms with van der Waals surface area (Å²) in [6, 6.07) is 0. The molecule has 0 spiro atoms. The summed E-state index contributed by atoms with van der Waals surface area (Å²) in [5.74, 6) is 4.85. The minimum Gasteiger partial charge on any atom is -0.304 e. The lowest BCUT2D eigenvalue weighted by molar-refractivity contribution is 0.160. The van der Waals surface area contributed by atoms with Crippen molar-refractivity contribution in [2.24, 2.45) is 29.6 Å². The van der Waals surface area contributed by atoms with Crippen LogP contribution in [0.5, 0.6) is 0 Å². The summed E-state index contributed by atoms with van der Waals surface area (Å²) >= 11 is 0. The van der Waals surface area contributed by atoms with Crippen LogP contribution in [0.2, 0.25) is 0 Å². The Balaban J connectivity index is 0.000000383. The zero-order valence-electron chi connectivity index (χ0n) is 48.5. The van der Waals surface area contributed by atoms with Gasteiger partial charge in [0, 0.05) is 39.3 Å². The molecule has 402 valence electrons. The Bertz CT molecular complexity index is 906. The van der Waals surface area contributed by atoms with Gasteiger partial charge in [-0.2, -0.15) is 0 Å². The predicted octanol–water partition coefficient (Wildman–Crippen LogP) is 10.8. The average Bonchev–Trinajstić information content (AvgIpc) is 4.17. The van der Waals surface area contributed by atoms with E-state index in [1.54, 1.807) is 0 Å². The van der Waals surface area contributed by atoms with E-state index in [4.69, 9.17) is 0 Å². The topological polar surface area (TPSA) is 29.2 Å². The van der Waals surface area contributed by atoms with Crippen molar-refractivity contribution >= 4 is 0 Å². The molecule has 8 aliphatic heterocycles. The number of rotatable bonds is 8. The highest BCUT2D eigenvalue weighted by molar-refractivity contribution is 4.73. The summed E-state index contributed by atoms with van der Waals surface area (Å²) in [6.07, 6.45) is 18.4. The summed E-state index contributed by atoms with van der Waals surface area (Å²) in [5, 5.41) is 0. The molecule has 0 saturated carbocycles. The van der Waals surface area contributed by atoms with Gasteiger partial charge in [0.25, 0.3) is 0 Å². The third kappa shape index (κ3) is 33.8. The van der Waals surface area contributed by atoms with Gasteiger partial charge in [-0.25, -0.2) is 0 Å². The van der Waals surface area contributed by atoms with Crippen molar-refractivity contribution in [3.05, 3.63) is 0 Å². The number of piperidine rings is 4. The van der Waals surface area contributed by atoms with Crippen molar-refractivity contribution < 1.29 is 0 Å². The van der Waals surface area contributed by atoms with E-state index >= 15 is 0 Å². The molecule has 8 rings (SSSR count). The number of likely N-dealkylation sites (tertiary alicyclic amines) is 7. The van der Waals surface area contributed by atoms with Gasteiger partial charge in [0.2, 0.25) is 0 Å². The minimum absolute atomic E-state index is 0.954. The molecule has 9 nitrogen and oxygen atoms in total. The lowest BCUT2D eigenvalue weighted by Crippen LogP contribution is -2.44. The van der Waals surface area contributed by atoms with E-state index < -0.39 is 0 Å². The lowest BCUT2D eigenvalue weighted by atomic mass is 9.99. The highest BCUT2D eigenvalue weighted by atomic mass is 15.2. The van der Waals surface area contributed by atoms with Crippen LogP contribution in [-0.4, -0.2) is 221 Å². The van der Waals surface area contributed by atoms with Crippen molar-refractivity contribution in [1.29, 1.82) is 0 Å². The monoisotopic (exact) mass is 948 g/mol. The highest BCUT2D eigenvalue weighted by Gasteiger charge is 2.18. The Morgan fingerprint density at radius 2 is 0.448 bits per heavy atom. The molecule has 0 amide bonds. The maximum absolute atomic E-state index is 2.53. The molecule has 0 bridgehead atoms. The smallest absolute Gasteiger partial charge is 0.0110 e. The maximum Gasteiger partial charge on any atom is 0.0110 e. The van der Waals surface area contributed by atoms with E-state index in [-0.39, 0.29) is 0 Å². The van der Waals surface area contributed by atoms with Crippen LogP contribution in [0, 0.1) is 29.6 Å². The van der Waals surface area contributed by atoms with Crippen molar-refractivity contribution in [1.82, 2.24) is 44.1 Å². The van der Waals surface area contributed by atoms with E-state index in [1.165, 1.54) is 254 Å². The van der Waals surface area contributed by atoms with E-state index in [0.717, 1.165) is 29.6 Å². The van der Waals surface area contributed by atoms with Gasteiger partial charge in [0.05, 0.1) is 0 Å². The van der Waals surface area contributed by atoms with E-state index in [1.807, 2.05) is 0 Å². The fraction of sp³-hybridized carbons (Fsp3) is 1.00. The van der Waals surface area contributed by atoms with E-state index in [2.05, 4.69) is 141 Å². The molecule has 2 atom stereocenters. The maximum atomic E-state index is 2.53. The number of likely N-dealkylation sites (N-methyl/N-ethyl adjacent to an activating group) is 2. The van der Waals surface area contributed by atoms with Gasteiger partial charge < -0.3 is 44.1 Å². The Kier molecular flexibility index (Phi) is 40.7. The minimum atomic E-state index is 0.954. The van der Waals surface area contributed by atoms with Gasteiger partial charge in [-0.15, -0.1) is 0 Å². The number of hydrogen-bond donors (Lipinski definition) is 0. The van der Waals surface area contributed by atoms with Crippen LogP contribution < -0.4 is 0 Å². The van der Waals surface area contributed by atoms with E-state index in [0.29, 0.717) is 0 Å². The van der Waals surface area contributed by atoms with Gasteiger partial charge in [-0.3, -0.25) is 0 Å². The second-order valence-corrected chi connectivity index (χ2v) is 22.3. The first-order valence-electron chi connectivity index (χ1n) is 29.8. The second-order valence-electron chi connectivity index (χ2n) is 22.3. The molecule has 0 aromatic rings. The highest BCUT2D eigenvalue weighted by Crippen LogP contribution is 2.17. The molecule has 0 aromatic carbocycles.